The van der Waals surface area contributed by atoms with E-state index in [1.165, 1.54) is 0 Å². The van der Waals surface area contributed by atoms with Gasteiger partial charge in [-0.05, 0) is 28.1 Å². The van der Waals surface area contributed by atoms with Crippen molar-refractivity contribution in [1.29, 1.82) is 0 Å². The largest absolute Gasteiger partial charge is 0.369 e. The van der Waals surface area contributed by atoms with Crippen LogP contribution >= 0.6 is 27.5 Å². The summed E-state index contributed by atoms with van der Waals surface area (Å²) in [5.41, 5.74) is 0. The van der Waals surface area contributed by atoms with E-state index in [9.17, 15) is 0 Å². The van der Waals surface area contributed by atoms with Gasteiger partial charge in [-0.15, -0.1) is 0 Å². The lowest BCUT2D eigenvalue weighted by atomic mass is 10.5. The molecule has 70 valence electrons. The molecule has 0 fully saturated rings. The van der Waals surface area contributed by atoms with Crippen molar-refractivity contribution in [3.8, 4) is 0 Å². The number of aliphatic imine (C=N–C) groups is 1. The number of hydrogen-bond acceptors (Lipinski definition) is 2. The van der Waals surface area contributed by atoms with E-state index in [-0.39, 0.29) is 0 Å². The first-order valence-electron chi connectivity index (χ1n) is 3.62. The molecule has 0 aromatic carbocycles. The molecular formula is C8H9BrClN3. The number of aromatic nitrogens is 1. The molecule has 0 spiro atoms. The van der Waals surface area contributed by atoms with Gasteiger partial charge in [0, 0.05) is 14.1 Å². The first-order valence-corrected chi connectivity index (χ1v) is 4.79. The minimum atomic E-state index is 0.424. The quantitative estimate of drug-likeness (QED) is 0.466. The zero-order valence-corrected chi connectivity index (χ0v) is 9.67. The van der Waals surface area contributed by atoms with Gasteiger partial charge in [-0.1, -0.05) is 11.6 Å². The summed E-state index contributed by atoms with van der Waals surface area (Å²) in [7, 11) is 3.79. The van der Waals surface area contributed by atoms with Crippen LogP contribution < -0.4 is 0 Å². The maximum atomic E-state index is 5.78. The van der Waals surface area contributed by atoms with Gasteiger partial charge >= 0.3 is 0 Å². The predicted octanol–water partition coefficient (Wildman–Crippen LogP) is 2.72. The smallest absolute Gasteiger partial charge is 0.155 e. The standard InChI is InChI=1S/C8H9BrClN3/c1-13(2)5-11-7-4-3-6(9)8(10)12-7/h3-5H,1-2H3/b11-5+. The van der Waals surface area contributed by atoms with Gasteiger partial charge < -0.3 is 4.90 Å². The Morgan fingerprint density at radius 1 is 1.54 bits per heavy atom. The first kappa shape index (κ1) is 10.5. The highest BCUT2D eigenvalue weighted by Crippen LogP contribution is 2.22. The van der Waals surface area contributed by atoms with Gasteiger partial charge in [-0.2, -0.15) is 0 Å². The number of nitrogens with zero attached hydrogens (tertiary/aromatic N) is 3. The van der Waals surface area contributed by atoms with E-state index in [1.54, 1.807) is 12.4 Å². The zero-order chi connectivity index (χ0) is 9.84. The fourth-order valence-electron chi connectivity index (χ4n) is 0.654. The monoisotopic (exact) mass is 261 g/mol. The Morgan fingerprint density at radius 2 is 2.23 bits per heavy atom. The molecule has 0 unspecified atom stereocenters. The molecule has 5 heteroatoms. The van der Waals surface area contributed by atoms with Crippen LogP contribution in [0.3, 0.4) is 0 Å². The van der Waals surface area contributed by atoms with Crippen LogP contribution in [0.2, 0.25) is 5.15 Å². The van der Waals surface area contributed by atoms with Crippen molar-refractivity contribution in [1.82, 2.24) is 9.88 Å². The van der Waals surface area contributed by atoms with Gasteiger partial charge in [0.2, 0.25) is 0 Å². The summed E-state index contributed by atoms with van der Waals surface area (Å²) in [6, 6.07) is 3.60. The van der Waals surface area contributed by atoms with Gasteiger partial charge in [-0.3, -0.25) is 0 Å². The molecule has 3 nitrogen and oxygen atoms in total. The molecule has 13 heavy (non-hydrogen) atoms. The number of hydrogen-bond donors (Lipinski definition) is 0. The summed E-state index contributed by atoms with van der Waals surface area (Å²) in [5.74, 6) is 0.599. The minimum absolute atomic E-state index is 0.424. The van der Waals surface area contributed by atoms with Crippen molar-refractivity contribution in [2.24, 2.45) is 4.99 Å². The molecule has 1 aromatic heterocycles. The molecule has 0 radical (unpaired) electrons. The Morgan fingerprint density at radius 3 is 2.77 bits per heavy atom. The molecule has 0 aliphatic heterocycles. The van der Waals surface area contributed by atoms with Crippen LogP contribution in [0, 0.1) is 0 Å². The number of rotatable bonds is 2. The molecule has 0 saturated carbocycles. The lowest BCUT2D eigenvalue weighted by Gasteiger charge is -2.02. The molecular weight excluding hydrogens is 253 g/mol. The Hall–Kier alpha value is -0.610. The van der Waals surface area contributed by atoms with Gasteiger partial charge in [0.1, 0.15) is 5.15 Å². The summed E-state index contributed by atoms with van der Waals surface area (Å²) in [5, 5.41) is 0.424. The second-order valence-electron chi connectivity index (χ2n) is 2.65. The molecule has 0 atom stereocenters. The van der Waals surface area contributed by atoms with Crippen LogP contribution in [0.25, 0.3) is 0 Å². The van der Waals surface area contributed by atoms with Crippen LogP contribution in [0.4, 0.5) is 5.82 Å². The van der Waals surface area contributed by atoms with E-state index < -0.39 is 0 Å². The van der Waals surface area contributed by atoms with Crippen molar-refractivity contribution >= 4 is 39.7 Å². The topological polar surface area (TPSA) is 28.5 Å². The van der Waals surface area contributed by atoms with Crippen molar-refractivity contribution < 1.29 is 0 Å². The molecule has 1 heterocycles. The van der Waals surface area contributed by atoms with Gasteiger partial charge in [0.25, 0.3) is 0 Å². The van der Waals surface area contributed by atoms with E-state index >= 15 is 0 Å². The highest BCUT2D eigenvalue weighted by molar-refractivity contribution is 9.10. The summed E-state index contributed by atoms with van der Waals surface area (Å²) in [6.07, 6.45) is 1.67. The number of pyridine rings is 1. The highest BCUT2D eigenvalue weighted by atomic mass is 79.9. The van der Waals surface area contributed by atoms with Crippen LogP contribution in [-0.2, 0) is 0 Å². The minimum Gasteiger partial charge on any atom is -0.369 e. The fourth-order valence-corrected chi connectivity index (χ4v) is 1.02. The molecule has 0 saturated heterocycles. The van der Waals surface area contributed by atoms with E-state index in [1.807, 2.05) is 25.1 Å². The van der Waals surface area contributed by atoms with E-state index in [4.69, 9.17) is 11.6 Å². The van der Waals surface area contributed by atoms with Crippen LogP contribution in [-0.4, -0.2) is 30.3 Å². The third-order valence-corrected chi connectivity index (χ3v) is 2.37. The second kappa shape index (κ2) is 4.58. The van der Waals surface area contributed by atoms with Gasteiger partial charge in [-0.25, -0.2) is 9.98 Å². The third kappa shape index (κ3) is 3.32. The van der Waals surface area contributed by atoms with Crippen molar-refractivity contribution in [3.63, 3.8) is 0 Å². The summed E-state index contributed by atoms with van der Waals surface area (Å²) < 4.78 is 0.776. The van der Waals surface area contributed by atoms with Crippen molar-refractivity contribution in [3.05, 3.63) is 21.8 Å². The normalized spacial score (nSPS) is 10.8. The fraction of sp³-hybridized carbons (Fsp3) is 0.250. The average molecular weight is 263 g/mol. The van der Waals surface area contributed by atoms with Crippen LogP contribution in [0.15, 0.2) is 21.6 Å². The maximum absolute atomic E-state index is 5.78. The average Bonchev–Trinajstić information content (AvgIpc) is 2.07. The predicted molar refractivity (Wildman–Crippen MR) is 58.8 cm³/mol. The van der Waals surface area contributed by atoms with Crippen LogP contribution in [0.1, 0.15) is 0 Å². The molecule has 0 aliphatic carbocycles. The third-order valence-electron chi connectivity index (χ3n) is 1.21. The van der Waals surface area contributed by atoms with Crippen molar-refractivity contribution in [2.75, 3.05) is 14.1 Å². The first-order chi connectivity index (χ1) is 6.09. The second-order valence-corrected chi connectivity index (χ2v) is 3.86. The maximum Gasteiger partial charge on any atom is 0.155 e. The lowest BCUT2D eigenvalue weighted by molar-refractivity contribution is 0.643. The van der Waals surface area contributed by atoms with Crippen LogP contribution in [0.5, 0.6) is 0 Å². The Labute approximate surface area is 90.6 Å². The van der Waals surface area contributed by atoms with E-state index in [0.29, 0.717) is 11.0 Å². The summed E-state index contributed by atoms with van der Waals surface area (Å²) >= 11 is 9.04. The van der Waals surface area contributed by atoms with E-state index in [0.717, 1.165) is 4.47 Å². The lowest BCUT2D eigenvalue weighted by Crippen LogP contribution is -2.07. The Bertz CT molecular complexity index is 325. The Kier molecular flexibility index (Phi) is 3.69. The highest BCUT2D eigenvalue weighted by Gasteiger charge is 1.98. The zero-order valence-electron chi connectivity index (χ0n) is 7.33. The number of halogens is 2. The van der Waals surface area contributed by atoms with Gasteiger partial charge in [0.05, 0.1) is 10.8 Å². The summed E-state index contributed by atoms with van der Waals surface area (Å²) in [4.78, 5) is 9.96. The van der Waals surface area contributed by atoms with E-state index in [2.05, 4.69) is 25.9 Å². The molecule has 1 rings (SSSR count). The van der Waals surface area contributed by atoms with Gasteiger partial charge in [0.15, 0.2) is 5.82 Å². The SMILES string of the molecule is CN(C)/C=N/c1ccc(Br)c(Cl)n1. The Balaban J connectivity index is 2.85. The van der Waals surface area contributed by atoms with Crippen molar-refractivity contribution in [2.45, 2.75) is 0 Å². The molecule has 1 aromatic rings. The molecule has 0 bridgehead atoms. The molecule has 0 N–H and O–H groups in total. The molecule has 0 aliphatic rings. The summed E-state index contributed by atoms with van der Waals surface area (Å²) in [6.45, 7) is 0. The molecule has 0 amide bonds.